The van der Waals surface area contributed by atoms with Crippen LogP contribution in [0.4, 0.5) is 5.69 Å². The van der Waals surface area contributed by atoms with Gasteiger partial charge >= 0.3 is 0 Å². The Labute approximate surface area is 182 Å². The van der Waals surface area contributed by atoms with Crippen LogP contribution in [0.2, 0.25) is 5.02 Å². The molecule has 0 unspecified atom stereocenters. The van der Waals surface area contributed by atoms with E-state index in [9.17, 15) is 14.4 Å². The van der Waals surface area contributed by atoms with Crippen molar-refractivity contribution in [3.63, 3.8) is 0 Å². The number of para-hydroxylation sites is 1. The van der Waals surface area contributed by atoms with Crippen molar-refractivity contribution in [2.75, 3.05) is 5.32 Å². The average molecular weight is 435 g/mol. The van der Waals surface area contributed by atoms with Crippen LogP contribution in [0.1, 0.15) is 11.1 Å². The first-order valence-corrected chi connectivity index (χ1v) is 9.99. The molecule has 2 aromatic carbocycles. The molecule has 0 fully saturated rings. The Balaban J connectivity index is 1.54. The maximum absolute atomic E-state index is 12.7. The maximum atomic E-state index is 12.7. The predicted octanol–water partition coefficient (Wildman–Crippen LogP) is 3.21. The maximum Gasteiger partial charge on any atom is 0.261 e. The molecule has 0 atom stereocenters. The second-order valence-corrected chi connectivity index (χ2v) is 7.58. The normalized spacial score (nSPS) is 10.9. The summed E-state index contributed by atoms with van der Waals surface area (Å²) in [7, 11) is 0. The summed E-state index contributed by atoms with van der Waals surface area (Å²) in [4.78, 5) is 41.7. The van der Waals surface area contributed by atoms with E-state index in [2.05, 4.69) is 10.3 Å². The van der Waals surface area contributed by atoms with Gasteiger partial charge in [0.05, 0.1) is 29.5 Å². The zero-order valence-corrected chi connectivity index (χ0v) is 17.5. The Hall–Kier alpha value is -3.71. The average Bonchev–Trinajstić information content (AvgIpc) is 2.74. The van der Waals surface area contributed by atoms with Crippen LogP contribution >= 0.6 is 11.6 Å². The van der Waals surface area contributed by atoms with Gasteiger partial charge in [-0.1, -0.05) is 41.9 Å². The van der Waals surface area contributed by atoms with E-state index in [0.717, 1.165) is 11.1 Å². The first kappa shape index (κ1) is 20.6. The first-order valence-electron chi connectivity index (χ1n) is 9.61. The van der Waals surface area contributed by atoms with Crippen LogP contribution in [0.3, 0.4) is 0 Å². The van der Waals surface area contributed by atoms with Crippen molar-refractivity contribution in [2.45, 2.75) is 20.0 Å². The second-order valence-electron chi connectivity index (χ2n) is 7.17. The van der Waals surface area contributed by atoms with Gasteiger partial charge in [0, 0.05) is 17.3 Å². The highest BCUT2D eigenvalue weighted by Gasteiger charge is 2.11. The second kappa shape index (κ2) is 8.57. The van der Waals surface area contributed by atoms with Gasteiger partial charge in [-0.15, -0.1) is 0 Å². The van der Waals surface area contributed by atoms with Crippen molar-refractivity contribution in [1.82, 2.24) is 14.1 Å². The van der Waals surface area contributed by atoms with Crippen molar-refractivity contribution < 1.29 is 4.79 Å². The molecule has 156 valence electrons. The van der Waals surface area contributed by atoms with Crippen LogP contribution in [0.5, 0.6) is 0 Å². The summed E-state index contributed by atoms with van der Waals surface area (Å²) in [6.45, 7) is 1.96. The number of benzene rings is 2. The molecule has 0 aliphatic carbocycles. The molecule has 1 amide bonds. The lowest BCUT2D eigenvalue weighted by atomic mass is 10.1. The van der Waals surface area contributed by atoms with E-state index in [4.69, 9.17) is 11.6 Å². The Kier molecular flexibility index (Phi) is 5.68. The van der Waals surface area contributed by atoms with Crippen molar-refractivity contribution >= 4 is 34.1 Å². The summed E-state index contributed by atoms with van der Waals surface area (Å²) in [6, 6.07) is 15.5. The Morgan fingerprint density at radius 1 is 1.03 bits per heavy atom. The molecule has 8 heteroatoms. The van der Waals surface area contributed by atoms with Crippen LogP contribution in [-0.2, 0) is 17.9 Å². The van der Waals surface area contributed by atoms with Crippen molar-refractivity contribution in [3.8, 4) is 0 Å². The molecule has 0 spiro atoms. The standard InChI is InChI=1S/C23H19ClN4O3/c1-15-5-4-7-18-22(15)25-14-28(23(18)31)13-20(29)26-17-9-10-21(30)27(12-17)11-16-6-2-3-8-19(16)24/h2-10,12,14H,11,13H2,1H3,(H,26,29). The van der Waals surface area contributed by atoms with Gasteiger partial charge in [-0.25, -0.2) is 4.98 Å². The lowest BCUT2D eigenvalue weighted by molar-refractivity contribution is -0.116. The van der Waals surface area contributed by atoms with Crippen LogP contribution < -0.4 is 16.4 Å². The minimum Gasteiger partial charge on any atom is -0.323 e. The summed E-state index contributed by atoms with van der Waals surface area (Å²) >= 11 is 6.18. The van der Waals surface area contributed by atoms with Gasteiger partial charge in [0.2, 0.25) is 5.91 Å². The number of carbonyl (C=O) groups excluding carboxylic acids is 1. The molecular formula is C23H19ClN4O3. The number of anilines is 1. The van der Waals surface area contributed by atoms with E-state index in [-0.39, 0.29) is 24.2 Å². The van der Waals surface area contributed by atoms with Gasteiger partial charge in [-0.05, 0) is 36.2 Å². The number of nitrogens with one attached hydrogen (secondary N) is 1. The zero-order valence-electron chi connectivity index (χ0n) is 16.7. The Bertz CT molecular complexity index is 1410. The summed E-state index contributed by atoms with van der Waals surface area (Å²) in [5, 5.41) is 3.75. The number of nitrogens with zero attached hydrogens (tertiary/aromatic N) is 3. The van der Waals surface area contributed by atoms with Gasteiger partial charge in [0.25, 0.3) is 11.1 Å². The van der Waals surface area contributed by atoms with Gasteiger partial charge < -0.3 is 9.88 Å². The van der Waals surface area contributed by atoms with Crippen molar-refractivity contribution in [1.29, 1.82) is 0 Å². The lowest BCUT2D eigenvalue weighted by Gasteiger charge is -2.11. The van der Waals surface area contributed by atoms with Crippen molar-refractivity contribution in [3.05, 3.63) is 104 Å². The minimum atomic E-state index is -0.404. The smallest absolute Gasteiger partial charge is 0.261 e. The minimum absolute atomic E-state index is 0.195. The molecular weight excluding hydrogens is 416 g/mol. The van der Waals surface area contributed by atoms with Crippen LogP contribution in [-0.4, -0.2) is 20.0 Å². The topological polar surface area (TPSA) is 86.0 Å². The number of aryl methyl sites for hydroxylation is 1. The monoisotopic (exact) mass is 434 g/mol. The van der Waals surface area contributed by atoms with Gasteiger partial charge in [-0.2, -0.15) is 0 Å². The predicted molar refractivity (Wildman–Crippen MR) is 121 cm³/mol. The third kappa shape index (κ3) is 4.41. The molecule has 4 aromatic rings. The fourth-order valence-electron chi connectivity index (χ4n) is 3.34. The van der Waals surface area contributed by atoms with E-state index >= 15 is 0 Å². The summed E-state index contributed by atoms with van der Waals surface area (Å²) in [5.74, 6) is -0.404. The molecule has 7 nitrogen and oxygen atoms in total. The Morgan fingerprint density at radius 3 is 2.65 bits per heavy atom. The number of halogens is 1. The number of rotatable bonds is 5. The molecule has 1 N–H and O–H groups in total. The summed E-state index contributed by atoms with van der Waals surface area (Å²) < 4.78 is 2.72. The highest BCUT2D eigenvalue weighted by molar-refractivity contribution is 6.31. The molecule has 2 aromatic heterocycles. The van der Waals surface area contributed by atoms with Gasteiger partial charge in [0.15, 0.2) is 0 Å². The molecule has 0 saturated carbocycles. The molecule has 4 rings (SSSR count). The van der Waals surface area contributed by atoms with E-state index in [0.29, 0.717) is 21.6 Å². The third-order valence-corrected chi connectivity index (χ3v) is 5.30. The number of carbonyl (C=O) groups is 1. The molecule has 0 radical (unpaired) electrons. The molecule has 2 heterocycles. The van der Waals surface area contributed by atoms with Crippen LogP contribution in [0, 0.1) is 6.92 Å². The van der Waals surface area contributed by atoms with E-state index in [1.54, 1.807) is 24.4 Å². The molecule has 0 aliphatic rings. The fourth-order valence-corrected chi connectivity index (χ4v) is 3.54. The van der Waals surface area contributed by atoms with E-state index in [1.165, 1.54) is 27.6 Å². The Morgan fingerprint density at radius 2 is 1.84 bits per heavy atom. The van der Waals surface area contributed by atoms with E-state index in [1.807, 2.05) is 31.2 Å². The fraction of sp³-hybridized carbons (Fsp3) is 0.130. The number of hydrogen-bond donors (Lipinski definition) is 1. The molecule has 31 heavy (non-hydrogen) atoms. The quantitative estimate of drug-likeness (QED) is 0.522. The number of amides is 1. The van der Waals surface area contributed by atoms with Crippen LogP contribution in [0.25, 0.3) is 10.9 Å². The summed E-state index contributed by atoms with van der Waals surface area (Å²) in [5.41, 5.74) is 2.24. The van der Waals surface area contributed by atoms with Crippen LogP contribution in [0.15, 0.2) is 76.7 Å². The SMILES string of the molecule is Cc1cccc2c(=O)n(CC(=O)Nc3ccc(=O)n(Cc4ccccc4Cl)c3)cnc12. The highest BCUT2D eigenvalue weighted by Crippen LogP contribution is 2.16. The van der Waals surface area contributed by atoms with Crippen molar-refractivity contribution in [2.24, 2.45) is 0 Å². The number of aromatic nitrogens is 3. The summed E-state index contributed by atoms with van der Waals surface area (Å²) in [6.07, 6.45) is 2.92. The third-order valence-electron chi connectivity index (χ3n) is 4.93. The van der Waals surface area contributed by atoms with Gasteiger partial charge in [0.1, 0.15) is 6.54 Å². The van der Waals surface area contributed by atoms with E-state index < -0.39 is 5.91 Å². The molecule has 0 bridgehead atoms. The number of pyridine rings is 1. The zero-order chi connectivity index (χ0) is 22.0. The highest BCUT2D eigenvalue weighted by atomic mass is 35.5. The molecule has 0 aliphatic heterocycles. The largest absolute Gasteiger partial charge is 0.323 e. The van der Waals surface area contributed by atoms with Gasteiger partial charge in [-0.3, -0.25) is 19.0 Å². The first-order chi connectivity index (χ1) is 14.9. The number of fused-ring (bicyclic) bond motifs is 1. The molecule has 0 saturated heterocycles. The lowest BCUT2D eigenvalue weighted by Crippen LogP contribution is -2.28. The number of hydrogen-bond acceptors (Lipinski definition) is 4.